The molecule has 10 aromatic heterocycles. The summed E-state index contributed by atoms with van der Waals surface area (Å²) in [5.41, 5.74) is 21.5. The Labute approximate surface area is 509 Å². The molecule has 0 bridgehead atoms. The van der Waals surface area contributed by atoms with Gasteiger partial charge < -0.3 is 29.9 Å². The molecule has 0 aliphatic carbocycles. The summed E-state index contributed by atoms with van der Waals surface area (Å²) in [4.78, 5) is 59.5. The number of rotatable bonds is 25. The maximum Gasteiger partial charge on any atom is 0.165 e. The summed E-state index contributed by atoms with van der Waals surface area (Å²) in [6, 6.07) is 21.8. The molecule has 10 rings (SSSR count). The van der Waals surface area contributed by atoms with Crippen LogP contribution in [-0.2, 0) is 6.42 Å². The van der Waals surface area contributed by atoms with Crippen LogP contribution in [0.25, 0.3) is 48.6 Å². The Hall–Kier alpha value is -8.26. The number of thiophene rings is 4. The molecule has 84 heavy (non-hydrogen) atoms. The lowest BCUT2D eigenvalue weighted by atomic mass is 9.92. The predicted molar refractivity (Wildman–Crippen MR) is 362 cm³/mol. The van der Waals surface area contributed by atoms with E-state index in [-0.39, 0.29) is 35.2 Å². The zero-order chi connectivity index (χ0) is 60.0. The van der Waals surface area contributed by atoms with E-state index >= 15 is 4.79 Å². The summed E-state index contributed by atoms with van der Waals surface area (Å²) in [5, 5.41) is 0. The third-order valence-corrected chi connectivity index (χ3v) is 21.4. The van der Waals surface area contributed by atoms with Crippen LogP contribution in [0.3, 0.4) is 0 Å². The van der Waals surface area contributed by atoms with E-state index in [0.29, 0.717) is 18.4 Å². The van der Waals surface area contributed by atoms with E-state index < -0.39 is 0 Å². The predicted octanol–water partition coefficient (Wildman–Crippen LogP) is 19.9. The molecule has 12 heteroatoms. The molecule has 10 heterocycles. The maximum atomic E-state index is 15.0. The van der Waals surface area contributed by atoms with E-state index in [1.165, 1.54) is 4.88 Å². The van der Waals surface area contributed by atoms with Crippen LogP contribution in [-0.4, -0.2) is 41.5 Å². The van der Waals surface area contributed by atoms with Crippen LogP contribution in [0.5, 0.6) is 0 Å². The van der Waals surface area contributed by atoms with Crippen molar-refractivity contribution in [3.05, 3.63) is 276 Å². The first-order valence-electron chi connectivity index (χ1n) is 28.1. The molecule has 0 spiro atoms. The van der Waals surface area contributed by atoms with Crippen molar-refractivity contribution in [1.82, 2.24) is 29.9 Å². The Bertz CT molecular complexity index is 4170. The zero-order valence-corrected chi connectivity index (χ0v) is 52.5. The number of carbonyl (C=O) groups is 2. The summed E-state index contributed by atoms with van der Waals surface area (Å²) >= 11 is 6.78. The minimum atomic E-state index is -0.260. The van der Waals surface area contributed by atoms with Crippen molar-refractivity contribution in [1.29, 1.82) is 0 Å². The fraction of sp³-hybridized carbons (Fsp3) is 0.194. The molecule has 0 saturated heterocycles. The lowest BCUT2D eigenvalue weighted by Crippen LogP contribution is -2.08. The topological polar surface area (TPSA) is 129 Å². The number of carbonyl (C=O) groups excluding carboxylic acids is 2. The fourth-order valence-electron chi connectivity index (χ4n) is 12.6. The Balaban J connectivity index is 1.01. The third kappa shape index (κ3) is 10.6. The standard InChI is InChI=1S/C72H72N6O2S4/c1-17-45-33-60(81-56(45)21-5)66(50-27-25-37(9)73-50)51-28-29-53(77-51)69(63-36-48(20-4)59(24-8)84-63)72-40(12)65(43(15)76-72)55(80)32-26-49-38(10)70(74-41(49)13)67(61-34-46(18-2)57(22-6)82-61)52-30-31-54(78-52)68(62-35-47(19-3)58(23-7)83-62)71-39(11)64(44(16)79)42(14)75-71/h17-25,27-31,33-36,66-69,73-78H,1-8,26,32H2,9-16H3. The number of aryl methyl sites for hydroxylation is 4. The average Bonchev–Trinajstić information content (AvgIpc) is 2.17. The minimum Gasteiger partial charge on any atom is -0.362 e. The molecule has 4 unspecified atom stereocenters. The molecule has 0 radical (unpaired) electrons. The van der Waals surface area contributed by atoms with Crippen LogP contribution >= 0.6 is 45.3 Å². The number of hydrogen-bond donors (Lipinski definition) is 6. The summed E-state index contributed by atoms with van der Waals surface area (Å²) in [7, 11) is 0. The highest BCUT2D eigenvalue weighted by Gasteiger charge is 2.34. The summed E-state index contributed by atoms with van der Waals surface area (Å²) in [6.07, 6.45) is 15.9. The van der Waals surface area contributed by atoms with Gasteiger partial charge in [0, 0.05) is 125 Å². The lowest BCUT2D eigenvalue weighted by Gasteiger charge is -2.18. The first-order valence-corrected chi connectivity index (χ1v) is 31.3. The van der Waals surface area contributed by atoms with E-state index in [1.807, 2.05) is 69.4 Å². The quantitative estimate of drug-likeness (QED) is 0.0319. The molecule has 0 aliphatic rings. The highest BCUT2D eigenvalue weighted by Crippen LogP contribution is 2.47. The fourth-order valence-corrected chi connectivity index (χ4v) is 17.2. The van der Waals surface area contributed by atoms with E-state index in [0.717, 1.165) is 153 Å². The maximum absolute atomic E-state index is 15.0. The van der Waals surface area contributed by atoms with Gasteiger partial charge in [-0.3, -0.25) is 9.59 Å². The summed E-state index contributed by atoms with van der Waals surface area (Å²) in [6.45, 7) is 49.2. The molecule has 8 nitrogen and oxygen atoms in total. The minimum absolute atomic E-state index is 0.0264. The molecular formula is C72H72N6O2S4. The van der Waals surface area contributed by atoms with E-state index in [2.05, 4.69) is 171 Å². The second-order valence-electron chi connectivity index (χ2n) is 21.6. The second-order valence-corrected chi connectivity index (χ2v) is 26.1. The molecule has 0 fully saturated rings. The average molecular weight is 1180 g/mol. The van der Waals surface area contributed by atoms with Crippen molar-refractivity contribution >= 4 is 106 Å². The molecule has 10 aromatic rings. The van der Waals surface area contributed by atoms with Crippen LogP contribution in [0.1, 0.15) is 210 Å². The van der Waals surface area contributed by atoms with Crippen molar-refractivity contribution in [3.8, 4) is 0 Å². The molecule has 6 N–H and O–H groups in total. The van der Waals surface area contributed by atoms with Gasteiger partial charge in [0.2, 0.25) is 0 Å². The van der Waals surface area contributed by atoms with Crippen molar-refractivity contribution in [3.63, 3.8) is 0 Å². The number of Topliss-reactive ketones (excluding diaryl/α,β-unsaturated/α-hetero) is 2. The van der Waals surface area contributed by atoms with Crippen LogP contribution < -0.4 is 0 Å². The van der Waals surface area contributed by atoms with Gasteiger partial charge in [0.05, 0.1) is 23.7 Å². The largest absolute Gasteiger partial charge is 0.362 e. The van der Waals surface area contributed by atoms with Crippen molar-refractivity contribution in [2.75, 3.05) is 0 Å². The highest BCUT2D eigenvalue weighted by atomic mass is 32.1. The molecular weight excluding hydrogens is 1110 g/mol. The zero-order valence-electron chi connectivity index (χ0n) is 49.2. The van der Waals surface area contributed by atoms with E-state index in [4.69, 9.17) is 0 Å². The second kappa shape index (κ2) is 24.1. The van der Waals surface area contributed by atoms with Crippen LogP contribution in [0.2, 0.25) is 0 Å². The molecule has 4 atom stereocenters. The number of hydrogen-bond acceptors (Lipinski definition) is 6. The van der Waals surface area contributed by atoms with Crippen LogP contribution in [0.15, 0.2) is 113 Å². The molecule has 0 amide bonds. The SMILES string of the molecule is C=Cc1cc(C(c2ccc(C)[nH]2)c2ccc(C(c3cc(C=C)c(C=C)s3)c3[nH]c(C)c(C(=O)CCc4c(C)[nH]c(C(c5ccc(C(c6cc(C=C)c(C=C)s6)c6[nH]c(C)c(C(C)=O)c6C)[nH]5)c5cc(C=C)c(C=C)s5)c4C)c3C)[nH]2)sc1C=C. The van der Waals surface area contributed by atoms with Gasteiger partial charge in [-0.1, -0.05) is 101 Å². The van der Waals surface area contributed by atoms with Gasteiger partial charge in [-0.2, -0.15) is 0 Å². The Morgan fingerprint density at radius 1 is 0.417 bits per heavy atom. The number of ketones is 2. The van der Waals surface area contributed by atoms with Crippen molar-refractivity contribution in [2.24, 2.45) is 0 Å². The Morgan fingerprint density at radius 2 is 0.750 bits per heavy atom. The van der Waals surface area contributed by atoms with Crippen molar-refractivity contribution < 1.29 is 9.59 Å². The van der Waals surface area contributed by atoms with Crippen molar-refractivity contribution in [2.45, 2.75) is 91.9 Å². The summed E-state index contributed by atoms with van der Waals surface area (Å²) < 4.78 is 0. The summed E-state index contributed by atoms with van der Waals surface area (Å²) in [5.74, 6) is -0.738. The van der Waals surface area contributed by atoms with Gasteiger partial charge in [0.15, 0.2) is 11.6 Å². The van der Waals surface area contributed by atoms with Gasteiger partial charge >= 0.3 is 0 Å². The van der Waals surface area contributed by atoms with Gasteiger partial charge in [-0.15, -0.1) is 45.3 Å². The Morgan fingerprint density at radius 3 is 1.10 bits per heavy atom. The van der Waals surface area contributed by atoms with Crippen LogP contribution in [0.4, 0.5) is 0 Å². The lowest BCUT2D eigenvalue weighted by molar-refractivity contribution is 0.0979. The number of aromatic amines is 6. The number of aromatic nitrogens is 6. The van der Waals surface area contributed by atoms with Crippen LogP contribution in [0, 0.1) is 48.5 Å². The number of H-pyrrole nitrogens is 6. The van der Waals surface area contributed by atoms with Gasteiger partial charge in [-0.05, 0) is 167 Å². The molecule has 426 valence electrons. The smallest absolute Gasteiger partial charge is 0.165 e. The van der Waals surface area contributed by atoms with E-state index in [1.54, 1.807) is 52.3 Å². The number of nitrogens with one attached hydrogen (secondary N) is 6. The van der Waals surface area contributed by atoms with Gasteiger partial charge in [0.1, 0.15) is 0 Å². The molecule has 0 aromatic carbocycles. The first-order chi connectivity index (χ1) is 40.4. The highest BCUT2D eigenvalue weighted by molar-refractivity contribution is 7.14. The molecule has 0 saturated carbocycles. The first kappa shape index (κ1) is 58.9. The van der Waals surface area contributed by atoms with Gasteiger partial charge in [-0.25, -0.2) is 0 Å². The molecule has 0 aliphatic heterocycles. The van der Waals surface area contributed by atoms with E-state index in [9.17, 15) is 4.79 Å². The third-order valence-electron chi connectivity index (χ3n) is 16.6. The van der Waals surface area contributed by atoms with Gasteiger partial charge in [0.25, 0.3) is 0 Å². The monoisotopic (exact) mass is 1180 g/mol. The normalized spacial score (nSPS) is 12.9. The Kier molecular flexibility index (Phi) is 16.9.